The zero-order chi connectivity index (χ0) is 25.1. The molecule has 2 aromatic rings. The minimum absolute atomic E-state index is 0.00605. The summed E-state index contributed by atoms with van der Waals surface area (Å²) >= 11 is 6.38. The summed E-state index contributed by atoms with van der Waals surface area (Å²) in [7, 11) is 3.23. The largest absolute Gasteiger partial charge is 0.487 e. The van der Waals surface area contributed by atoms with Gasteiger partial charge in [-0.25, -0.2) is 15.0 Å². The topological polar surface area (TPSA) is 110 Å². The monoisotopic (exact) mass is 505 g/mol. The van der Waals surface area contributed by atoms with E-state index in [1.54, 1.807) is 32.8 Å². The number of rotatable bonds is 8. The Morgan fingerprint density at radius 2 is 1.89 bits per heavy atom. The number of carboxylic acid groups (broad SMARTS) is 1. The van der Waals surface area contributed by atoms with Gasteiger partial charge in [-0.2, -0.15) is 0 Å². The second kappa shape index (κ2) is 10.8. The van der Waals surface area contributed by atoms with Gasteiger partial charge in [-0.05, 0) is 0 Å². The minimum atomic E-state index is -0.851. The number of hydrogen-bond donors (Lipinski definition) is 1. The number of ether oxygens (including phenoxy) is 3. The maximum absolute atomic E-state index is 11.4. The molecule has 2 unspecified atom stereocenters. The molecular weight excluding hydrogens is 474 g/mol. The lowest BCUT2D eigenvalue weighted by Gasteiger charge is -2.38. The summed E-state index contributed by atoms with van der Waals surface area (Å²) in [5, 5.41) is 9.94. The first kappa shape index (κ1) is 25.2. The van der Waals surface area contributed by atoms with Crippen LogP contribution in [0.3, 0.4) is 0 Å². The molecule has 190 valence electrons. The van der Waals surface area contributed by atoms with Crippen molar-refractivity contribution in [1.29, 1.82) is 0 Å². The number of piperidine rings is 1. The van der Waals surface area contributed by atoms with Crippen LogP contribution in [0.4, 0.5) is 11.6 Å². The van der Waals surface area contributed by atoms with E-state index in [0.717, 1.165) is 25.2 Å². The third kappa shape index (κ3) is 5.54. The molecule has 10 nitrogen and oxygen atoms in total. The van der Waals surface area contributed by atoms with Gasteiger partial charge in [-0.3, -0.25) is 4.79 Å². The zero-order valence-electron chi connectivity index (χ0n) is 20.4. The van der Waals surface area contributed by atoms with Gasteiger partial charge in [0, 0.05) is 57.1 Å². The smallest absolute Gasteiger partial charge is 0.305 e. The van der Waals surface area contributed by atoms with Gasteiger partial charge in [0.15, 0.2) is 5.75 Å². The van der Waals surface area contributed by atoms with Crippen molar-refractivity contribution in [3.05, 3.63) is 29.7 Å². The van der Waals surface area contributed by atoms with Gasteiger partial charge in [0.05, 0.1) is 48.9 Å². The van der Waals surface area contributed by atoms with Crippen molar-refractivity contribution in [2.24, 2.45) is 11.8 Å². The van der Waals surface area contributed by atoms with E-state index in [9.17, 15) is 9.90 Å². The molecule has 2 saturated heterocycles. The Balaban J connectivity index is 1.40. The molecule has 2 aromatic heterocycles. The van der Waals surface area contributed by atoms with Crippen LogP contribution in [0.25, 0.3) is 0 Å². The van der Waals surface area contributed by atoms with Gasteiger partial charge < -0.3 is 29.1 Å². The number of aromatic nitrogens is 3. The van der Waals surface area contributed by atoms with Crippen LogP contribution >= 0.6 is 11.6 Å². The van der Waals surface area contributed by atoms with Gasteiger partial charge in [-0.1, -0.05) is 25.4 Å². The van der Waals surface area contributed by atoms with Crippen molar-refractivity contribution >= 4 is 29.2 Å². The van der Waals surface area contributed by atoms with Crippen molar-refractivity contribution in [1.82, 2.24) is 15.0 Å². The van der Waals surface area contributed by atoms with Crippen LogP contribution in [0.1, 0.15) is 26.7 Å². The molecule has 4 rings (SSSR count). The van der Waals surface area contributed by atoms with E-state index >= 15 is 0 Å². The molecule has 35 heavy (non-hydrogen) atoms. The lowest BCUT2D eigenvalue weighted by atomic mass is 9.96. The molecule has 2 aliphatic heterocycles. The fourth-order valence-electron chi connectivity index (χ4n) is 5.00. The van der Waals surface area contributed by atoms with Gasteiger partial charge in [0.25, 0.3) is 0 Å². The van der Waals surface area contributed by atoms with E-state index in [0.29, 0.717) is 29.1 Å². The summed E-state index contributed by atoms with van der Waals surface area (Å²) in [5.41, 5.74) is 0.904. The summed E-state index contributed by atoms with van der Waals surface area (Å²) in [4.78, 5) is 28.7. The highest BCUT2D eigenvalue weighted by atomic mass is 35.5. The molecule has 0 aliphatic carbocycles. The Hall–Kier alpha value is -2.85. The molecule has 2 aliphatic rings. The van der Waals surface area contributed by atoms with Crippen molar-refractivity contribution in [2.75, 3.05) is 43.7 Å². The Labute approximate surface area is 210 Å². The third-order valence-electron chi connectivity index (χ3n) is 7.00. The second-order valence-electron chi connectivity index (χ2n) is 9.22. The zero-order valence-corrected chi connectivity index (χ0v) is 21.2. The van der Waals surface area contributed by atoms with Crippen LogP contribution in [0.15, 0.2) is 24.7 Å². The maximum atomic E-state index is 11.4. The molecule has 1 N–H and O–H groups in total. The summed E-state index contributed by atoms with van der Waals surface area (Å²) < 4.78 is 17.0. The van der Waals surface area contributed by atoms with Gasteiger partial charge in [0.2, 0.25) is 11.8 Å². The first-order valence-electron chi connectivity index (χ1n) is 11.7. The van der Waals surface area contributed by atoms with Crippen LogP contribution < -0.4 is 19.3 Å². The number of halogens is 1. The molecule has 0 aromatic carbocycles. The fourth-order valence-corrected chi connectivity index (χ4v) is 5.22. The number of anilines is 2. The Bertz CT molecular complexity index is 1030. The molecule has 0 saturated carbocycles. The van der Waals surface area contributed by atoms with Gasteiger partial charge in [0.1, 0.15) is 6.10 Å². The van der Waals surface area contributed by atoms with Crippen LogP contribution in [0, 0.1) is 11.8 Å². The number of hydrogen-bond acceptors (Lipinski definition) is 9. The average Bonchev–Trinajstić information content (AvgIpc) is 3.16. The quantitative estimate of drug-likeness (QED) is 0.574. The first-order chi connectivity index (χ1) is 16.8. The number of methoxy groups -OCH3 is 2. The molecule has 0 amide bonds. The lowest BCUT2D eigenvalue weighted by Crippen LogP contribution is -2.44. The molecule has 0 spiro atoms. The predicted molar refractivity (Wildman–Crippen MR) is 132 cm³/mol. The van der Waals surface area contributed by atoms with Crippen LogP contribution in [-0.2, 0) is 9.53 Å². The molecule has 2 fully saturated rings. The summed E-state index contributed by atoms with van der Waals surface area (Å²) in [6, 6.07) is 1.63. The van der Waals surface area contributed by atoms with Crippen molar-refractivity contribution in [3.8, 4) is 11.6 Å². The molecular formula is C24H32ClN5O5. The summed E-state index contributed by atoms with van der Waals surface area (Å²) in [6.45, 7) is 6.25. The fraction of sp³-hybridized carbons (Fsp3) is 0.583. The SMILES string of the molecule is COc1cc(N2CCC(Oc3cnc(N4C[C@H](OC)[C@@H](C)[C@@H]4CC(=O)O)nc3)C(C)C2)c(Cl)cn1. The molecule has 4 heterocycles. The Morgan fingerprint density at radius 1 is 1.14 bits per heavy atom. The number of aliphatic carboxylic acids is 1. The Morgan fingerprint density at radius 3 is 2.51 bits per heavy atom. The number of carboxylic acids is 1. The van der Waals surface area contributed by atoms with E-state index in [2.05, 4.69) is 26.8 Å². The molecule has 0 radical (unpaired) electrons. The van der Waals surface area contributed by atoms with Gasteiger partial charge in [-0.15, -0.1) is 0 Å². The van der Waals surface area contributed by atoms with Crippen LogP contribution in [-0.4, -0.2) is 78.1 Å². The molecule has 5 atom stereocenters. The maximum Gasteiger partial charge on any atom is 0.305 e. The lowest BCUT2D eigenvalue weighted by molar-refractivity contribution is -0.137. The average molecular weight is 506 g/mol. The molecule has 11 heteroatoms. The van der Waals surface area contributed by atoms with Crippen molar-refractivity contribution < 1.29 is 24.1 Å². The van der Waals surface area contributed by atoms with E-state index in [1.807, 2.05) is 17.9 Å². The molecule has 0 bridgehead atoms. The van der Waals surface area contributed by atoms with Crippen molar-refractivity contribution in [2.45, 2.75) is 44.9 Å². The van der Waals surface area contributed by atoms with E-state index in [-0.39, 0.29) is 36.5 Å². The third-order valence-corrected chi connectivity index (χ3v) is 7.29. The highest BCUT2D eigenvalue weighted by Crippen LogP contribution is 2.34. The highest BCUT2D eigenvalue weighted by molar-refractivity contribution is 6.33. The first-order valence-corrected chi connectivity index (χ1v) is 12.1. The highest BCUT2D eigenvalue weighted by Gasteiger charge is 2.41. The predicted octanol–water partition coefficient (Wildman–Crippen LogP) is 3.14. The second-order valence-corrected chi connectivity index (χ2v) is 9.62. The Kier molecular flexibility index (Phi) is 7.81. The standard InChI is InChI=1S/C24H32ClN5O5/c1-14-12-29(19-7-22(34-4)26-11-17(19)25)6-5-20(14)35-16-9-27-24(28-10-16)30-13-21(33-3)15(2)18(30)8-23(31)32/h7,9-11,14-15,18,20-21H,5-6,8,12-13H2,1-4H3,(H,31,32)/t14?,15-,18-,20?,21-/m0/s1. The van der Waals surface area contributed by atoms with E-state index in [1.165, 1.54) is 0 Å². The van der Waals surface area contributed by atoms with E-state index in [4.69, 9.17) is 25.8 Å². The van der Waals surface area contributed by atoms with Crippen LogP contribution in [0.2, 0.25) is 5.02 Å². The van der Waals surface area contributed by atoms with E-state index < -0.39 is 5.97 Å². The number of nitrogens with zero attached hydrogens (tertiary/aromatic N) is 5. The number of carbonyl (C=O) groups is 1. The minimum Gasteiger partial charge on any atom is -0.487 e. The van der Waals surface area contributed by atoms with Crippen LogP contribution in [0.5, 0.6) is 11.6 Å². The van der Waals surface area contributed by atoms with Gasteiger partial charge >= 0.3 is 5.97 Å². The summed E-state index contributed by atoms with van der Waals surface area (Å²) in [5.74, 6) is 1.04. The normalized spacial score (nSPS) is 26.6. The summed E-state index contributed by atoms with van der Waals surface area (Å²) in [6.07, 6.45) is 5.68. The van der Waals surface area contributed by atoms with Crippen molar-refractivity contribution in [3.63, 3.8) is 0 Å². The number of pyridine rings is 1.